The van der Waals surface area contributed by atoms with Crippen molar-refractivity contribution < 1.29 is 46.9 Å². The summed E-state index contributed by atoms with van der Waals surface area (Å²) in [5.74, 6) is -1.70. The van der Waals surface area contributed by atoms with Crippen molar-refractivity contribution in [3.05, 3.63) is 11.6 Å². The number of fused-ring (bicyclic) bond motifs is 1. The molecule has 0 bridgehead atoms. The number of aromatic nitrogens is 4. The normalized spacial score (nSPS) is 23.9. The van der Waals surface area contributed by atoms with Crippen molar-refractivity contribution in [2.45, 2.75) is 50.9 Å². The maximum Gasteiger partial charge on any atom is 0.406 e. The number of carbonyl (C=O) groups excluding carboxylic acids is 2. The molecule has 1 aliphatic rings. The predicted molar refractivity (Wildman–Crippen MR) is 129 cm³/mol. The first-order valence-corrected chi connectivity index (χ1v) is 13.3. The number of hydrogen-bond donors (Lipinski definition) is 3. The molecular formula is C20H29ClFN6O9P. The van der Waals surface area contributed by atoms with E-state index in [0.29, 0.717) is 0 Å². The molecule has 0 saturated carbocycles. The maximum absolute atomic E-state index is 15.1. The number of aliphatic hydroxyl groups excluding tert-OH is 1. The average molecular weight is 583 g/mol. The highest BCUT2D eigenvalue weighted by Crippen LogP contribution is 2.46. The van der Waals surface area contributed by atoms with Gasteiger partial charge in [-0.25, -0.2) is 23.8 Å². The Morgan fingerprint density at radius 1 is 1.32 bits per heavy atom. The fraction of sp³-hybridized carbons (Fsp3) is 0.650. The highest BCUT2D eigenvalue weighted by molar-refractivity contribution is 7.51. The number of aliphatic hydroxyl groups is 1. The molecule has 0 radical (unpaired) electrons. The first kappa shape index (κ1) is 30.1. The van der Waals surface area contributed by atoms with E-state index in [1.165, 1.54) is 10.9 Å². The number of hydrogen-bond acceptors (Lipinski definition) is 13. The number of rotatable bonds is 12. The quantitative estimate of drug-likeness (QED) is 0.183. The topological polar surface area (TPSA) is 199 Å². The number of imidazole rings is 1. The van der Waals surface area contributed by atoms with Crippen molar-refractivity contribution in [2.75, 3.05) is 33.2 Å². The smallest absolute Gasteiger partial charge is 0.406 e. The van der Waals surface area contributed by atoms with E-state index in [4.69, 9.17) is 35.9 Å². The van der Waals surface area contributed by atoms with Crippen molar-refractivity contribution in [3.8, 4) is 0 Å². The zero-order valence-corrected chi connectivity index (χ0v) is 22.6. The minimum absolute atomic E-state index is 0.0370. The number of esters is 2. The van der Waals surface area contributed by atoms with Crippen LogP contribution in [0.15, 0.2) is 6.33 Å². The lowest BCUT2D eigenvalue weighted by Crippen LogP contribution is -2.39. The Bertz CT molecular complexity index is 1200. The summed E-state index contributed by atoms with van der Waals surface area (Å²) >= 11 is 5.86. The summed E-state index contributed by atoms with van der Waals surface area (Å²) in [6, 6.07) is -1.13. The van der Waals surface area contributed by atoms with Gasteiger partial charge in [-0.05, 0) is 23.9 Å². The van der Waals surface area contributed by atoms with Crippen LogP contribution < -0.4 is 10.8 Å². The number of alkyl halides is 1. The molecule has 4 N–H and O–H groups in total. The predicted octanol–water partition coefficient (Wildman–Crippen LogP) is 1.15. The van der Waals surface area contributed by atoms with Gasteiger partial charge < -0.3 is 25.1 Å². The molecule has 0 aromatic carbocycles. The van der Waals surface area contributed by atoms with Crippen LogP contribution in [0.4, 0.5) is 10.2 Å². The number of carbonyl (C=O) groups is 2. The fourth-order valence-corrected chi connectivity index (χ4v) is 5.25. The third-order valence-corrected chi connectivity index (χ3v) is 7.24. The summed E-state index contributed by atoms with van der Waals surface area (Å²) in [7, 11) is -2.19. The summed E-state index contributed by atoms with van der Waals surface area (Å²) in [6.45, 7) is 2.17. The van der Waals surface area contributed by atoms with E-state index in [0.717, 1.165) is 14.2 Å². The maximum atomic E-state index is 15.1. The van der Waals surface area contributed by atoms with Crippen molar-refractivity contribution >= 4 is 48.3 Å². The van der Waals surface area contributed by atoms with E-state index < -0.39 is 63.5 Å². The average Bonchev–Trinajstić information content (AvgIpc) is 3.41. The van der Waals surface area contributed by atoms with Crippen molar-refractivity contribution in [1.82, 2.24) is 24.6 Å². The van der Waals surface area contributed by atoms with Gasteiger partial charge in [-0.3, -0.25) is 18.4 Å². The zero-order chi connectivity index (χ0) is 28.2. The Morgan fingerprint density at radius 2 is 2.03 bits per heavy atom. The van der Waals surface area contributed by atoms with E-state index in [2.05, 4.69) is 24.8 Å². The van der Waals surface area contributed by atoms with Crippen LogP contribution in [0, 0.1) is 5.92 Å². The number of nitrogens with zero attached hydrogens (tertiary/aromatic N) is 4. The first-order chi connectivity index (χ1) is 17.9. The van der Waals surface area contributed by atoms with Crippen LogP contribution in [-0.4, -0.2) is 88.4 Å². The van der Waals surface area contributed by atoms with Crippen LogP contribution in [0.25, 0.3) is 11.2 Å². The van der Waals surface area contributed by atoms with Crippen molar-refractivity contribution in [2.24, 2.45) is 5.92 Å². The molecule has 2 aromatic rings. The highest BCUT2D eigenvalue weighted by atomic mass is 35.5. The monoisotopic (exact) mass is 582 g/mol. The molecule has 3 rings (SSSR count). The Balaban J connectivity index is 1.79. The largest absolute Gasteiger partial charge is 0.468 e. The van der Waals surface area contributed by atoms with Crippen molar-refractivity contribution in [1.29, 1.82) is 0 Å². The summed E-state index contributed by atoms with van der Waals surface area (Å²) in [5.41, 5.74) is 5.99. The van der Waals surface area contributed by atoms with Gasteiger partial charge in [-0.15, -0.1) is 0 Å². The van der Waals surface area contributed by atoms with Gasteiger partial charge in [0.2, 0.25) is 5.28 Å². The Hall–Kier alpha value is -2.46. The Labute approximate surface area is 221 Å². The minimum Gasteiger partial charge on any atom is -0.468 e. The van der Waals surface area contributed by atoms with E-state index in [1.54, 1.807) is 0 Å². The first-order valence-electron chi connectivity index (χ1n) is 11.3. The molecular weight excluding hydrogens is 554 g/mol. The van der Waals surface area contributed by atoms with E-state index >= 15 is 4.39 Å². The van der Waals surface area contributed by atoms with Crippen molar-refractivity contribution in [3.63, 3.8) is 0 Å². The molecule has 0 aliphatic carbocycles. The van der Waals surface area contributed by atoms with Crippen LogP contribution in [0.5, 0.6) is 0 Å². The van der Waals surface area contributed by atoms with Gasteiger partial charge in [-0.1, -0.05) is 13.8 Å². The van der Waals surface area contributed by atoms with E-state index in [9.17, 15) is 19.3 Å². The number of ether oxygens (including phenoxy) is 3. The lowest BCUT2D eigenvalue weighted by Gasteiger charge is -2.26. The van der Waals surface area contributed by atoms with Crippen LogP contribution in [0.1, 0.15) is 26.5 Å². The van der Waals surface area contributed by atoms with Gasteiger partial charge >= 0.3 is 19.7 Å². The minimum atomic E-state index is -4.44. The van der Waals surface area contributed by atoms with Gasteiger partial charge in [0.25, 0.3) is 0 Å². The zero-order valence-electron chi connectivity index (χ0n) is 20.9. The number of methoxy groups -OCH3 is 2. The molecule has 0 spiro atoms. The molecule has 1 unspecified atom stereocenters. The molecule has 18 heteroatoms. The van der Waals surface area contributed by atoms with Gasteiger partial charge in [0, 0.05) is 0 Å². The second-order valence-electron chi connectivity index (χ2n) is 8.68. The van der Waals surface area contributed by atoms with Crippen LogP contribution in [0.3, 0.4) is 0 Å². The third-order valence-electron chi connectivity index (χ3n) is 5.48. The van der Waals surface area contributed by atoms with E-state index in [-0.39, 0.29) is 34.6 Å². The second-order valence-corrected chi connectivity index (χ2v) is 10.8. The summed E-state index contributed by atoms with van der Waals surface area (Å²) in [4.78, 5) is 35.7. The van der Waals surface area contributed by atoms with Gasteiger partial charge in [0.05, 0.1) is 27.2 Å². The molecule has 0 amide bonds. The van der Waals surface area contributed by atoms with Gasteiger partial charge in [-0.2, -0.15) is 9.97 Å². The Morgan fingerprint density at radius 3 is 2.66 bits per heavy atom. The number of nitrogens with one attached hydrogen (secondary N) is 1. The molecule has 1 aliphatic heterocycles. The lowest BCUT2D eigenvalue weighted by molar-refractivity contribution is -0.143. The van der Waals surface area contributed by atoms with Gasteiger partial charge in [0.15, 0.2) is 30.5 Å². The second kappa shape index (κ2) is 12.6. The van der Waals surface area contributed by atoms with Crippen LogP contribution in [-0.2, 0) is 37.4 Å². The SMILES string of the molecule is COC(=O)COP(=O)(N[C@@H](CC(C)C)C(=O)OC)OC[C@H]1O[C@@H](n2cnc3c(N)nc(Cl)nc32)[C@@H](F)[C@@H]1O. The van der Waals surface area contributed by atoms with Crippen LogP contribution in [0.2, 0.25) is 5.28 Å². The number of anilines is 1. The molecule has 15 nitrogen and oxygen atoms in total. The molecule has 38 heavy (non-hydrogen) atoms. The number of nitrogens with two attached hydrogens (primary N) is 1. The summed E-state index contributed by atoms with van der Waals surface area (Å²) in [6.07, 6.45) is -5.16. The molecule has 1 saturated heterocycles. The fourth-order valence-electron chi connectivity index (χ4n) is 3.65. The van der Waals surface area contributed by atoms with E-state index in [1.807, 2.05) is 13.8 Å². The third kappa shape index (κ3) is 6.94. The Kier molecular flexibility index (Phi) is 9.97. The van der Waals surface area contributed by atoms with Gasteiger partial charge in [0.1, 0.15) is 23.8 Å². The number of nitrogen functional groups attached to an aromatic ring is 1. The summed E-state index contributed by atoms with van der Waals surface area (Å²) in [5, 5.41) is 12.7. The standard InChI is InChI=1S/C20H29ClFN6O9P/c1-9(2)5-10(19(31)34-4)27-38(32,36-7-12(29)33-3)35-6-11-15(30)13(22)18(37-11)28-8-24-14-16(23)25-20(21)26-17(14)28/h8-11,13,15,18,30H,5-7H2,1-4H3,(H,27,32)(H2,23,25,26)/t10-,11+,13-,15+,18+,38?/m0/s1. The molecule has 3 heterocycles. The molecule has 1 fully saturated rings. The molecule has 6 atom stereocenters. The highest BCUT2D eigenvalue weighted by Gasteiger charge is 2.47. The van der Waals surface area contributed by atoms with Crippen LogP contribution >= 0.6 is 19.3 Å². The number of halogens is 2. The lowest BCUT2D eigenvalue weighted by atomic mass is 10.1. The molecule has 212 valence electrons. The molecule has 2 aromatic heterocycles. The summed E-state index contributed by atoms with van der Waals surface area (Å²) < 4.78 is 55.2.